The van der Waals surface area contributed by atoms with Gasteiger partial charge in [0.25, 0.3) is 6.29 Å². The van der Waals surface area contributed by atoms with E-state index in [0.29, 0.717) is 23.9 Å². The van der Waals surface area contributed by atoms with E-state index in [1.165, 1.54) is 4.70 Å². The van der Waals surface area contributed by atoms with Gasteiger partial charge in [-0.15, -0.1) is 0 Å². The Morgan fingerprint density at radius 1 is 1.23 bits per heavy atom. The van der Waals surface area contributed by atoms with Crippen LogP contribution in [-0.2, 0) is 11.2 Å². The highest BCUT2D eigenvalue weighted by molar-refractivity contribution is 7.22. The molecule has 2 aromatic heterocycles. The molecule has 0 spiro atoms. The average molecular weight is 367 g/mol. The highest BCUT2D eigenvalue weighted by Crippen LogP contribution is 2.32. The van der Waals surface area contributed by atoms with Gasteiger partial charge in [-0.2, -0.15) is 0 Å². The number of fused-ring (bicyclic) bond motifs is 1. The quantitative estimate of drug-likeness (QED) is 0.764. The van der Waals surface area contributed by atoms with Crippen LogP contribution in [0.1, 0.15) is 30.1 Å². The van der Waals surface area contributed by atoms with Crippen molar-refractivity contribution in [3.63, 3.8) is 0 Å². The van der Waals surface area contributed by atoms with Gasteiger partial charge >= 0.3 is 0 Å². The molecule has 1 aromatic carbocycles. The third-order valence-electron chi connectivity index (χ3n) is 4.84. The maximum atomic E-state index is 10.9. The normalized spacial score (nSPS) is 15.5. The lowest BCUT2D eigenvalue weighted by atomic mass is 9.93. The van der Waals surface area contributed by atoms with Gasteiger partial charge in [0.2, 0.25) is 0 Å². The van der Waals surface area contributed by atoms with Crippen LogP contribution in [0.2, 0.25) is 0 Å². The summed E-state index contributed by atoms with van der Waals surface area (Å²) in [5.74, 6) is 0.899. The molecule has 1 fully saturated rings. The molecule has 1 saturated heterocycles. The zero-order chi connectivity index (χ0) is 18.1. The van der Waals surface area contributed by atoms with Crippen molar-refractivity contribution in [2.45, 2.75) is 26.2 Å². The van der Waals surface area contributed by atoms with E-state index in [-0.39, 0.29) is 11.4 Å². The Balaban J connectivity index is 1.42. The number of rotatable bonds is 4. The van der Waals surface area contributed by atoms with Crippen LogP contribution in [0.4, 0.5) is 5.13 Å². The van der Waals surface area contributed by atoms with Gasteiger partial charge in [0.15, 0.2) is 16.6 Å². The Hall–Kier alpha value is -2.54. The zero-order valence-electron chi connectivity index (χ0n) is 14.5. The number of para-hydroxylation sites is 1. The molecule has 1 radical (unpaired) electrons. The number of thiazole rings is 1. The molecule has 0 saturated carbocycles. The molecule has 0 atom stereocenters. The summed E-state index contributed by atoms with van der Waals surface area (Å²) in [7, 11) is 0. The molecule has 0 aliphatic carbocycles. The molecular formula is C19H19N4O2S. The maximum absolute atomic E-state index is 10.9. The van der Waals surface area contributed by atoms with Crippen LogP contribution in [0, 0.1) is 12.8 Å². The largest absolute Gasteiger partial charge is 0.504 e. The Morgan fingerprint density at radius 2 is 2.00 bits per heavy atom. The van der Waals surface area contributed by atoms with Crippen molar-refractivity contribution in [3.8, 4) is 5.75 Å². The number of nitrogens with zero attached hydrogens (tertiary/aromatic N) is 4. The van der Waals surface area contributed by atoms with Crippen molar-refractivity contribution < 1.29 is 9.90 Å². The number of benzene rings is 1. The van der Waals surface area contributed by atoms with Gasteiger partial charge in [-0.25, -0.2) is 15.0 Å². The fraction of sp³-hybridized carbons (Fsp3) is 0.368. The molecule has 0 amide bonds. The van der Waals surface area contributed by atoms with E-state index in [4.69, 9.17) is 4.98 Å². The molecule has 1 N–H and O–H groups in total. The fourth-order valence-electron chi connectivity index (χ4n) is 3.37. The molecular weight excluding hydrogens is 348 g/mol. The van der Waals surface area contributed by atoms with Crippen molar-refractivity contribution >= 4 is 33.0 Å². The molecule has 26 heavy (non-hydrogen) atoms. The standard InChI is InChI=1S/C19H19N4O2S/c1-12-18(25)15(11-24)21-17(20-12)10-13-6-8-23(9-7-13)19-22-14-4-2-3-5-16(14)26-19/h2-5,13,25H,6-10H2,1H3. The van der Waals surface area contributed by atoms with Gasteiger partial charge in [0, 0.05) is 19.5 Å². The minimum atomic E-state index is -0.172. The number of piperidine rings is 1. The second-order valence-corrected chi connectivity index (χ2v) is 7.63. The minimum absolute atomic E-state index is 0.0422. The van der Waals surface area contributed by atoms with E-state index in [2.05, 4.69) is 20.9 Å². The monoisotopic (exact) mass is 367 g/mol. The van der Waals surface area contributed by atoms with Crippen LogP contribution < -0.4 is 4.90 Å². The van der Waals surface area contributed by atoms with Crippen molar-refractivity contribution in [2.24, 2.45) is 5.92 Å². The summed E-state index contributed by atoms with van der Waals surface area (Å²) < 4.78 is 1.22. The lowest BCUT2D eigenvalue weighted by molar-refractivity contribution is 0.394. The van der Waals surface area contributed by atoms with Gasteiger partial charge in [-0.1, -0.05) is 23.5 Å². The molecule has 1 aliphatic rings. The predicted molar refractivity (Wildman–Crippen MR) is 101 cm³/mol. The Labute approximate surface area is 155 Å². The van der Waals surface area contributed by atoms with Crippen LogP contribution in [0.25, 0.3) is 10.2 Å². The molecule has 133 valence electrons. The third kappa shape index (κ3) is 3.26. The number of carbonyl (C=O) groups excluding carboxylic acids is 1. The van der Waals surface area contributed by atoms with E-state index >= 15 is 0 Å². The van der Waals surface area contributed by atoms with Gasteiger partial charge in [-0.3, -0.25) is 4.79 Å². The Morgan fingerprint density at radius 3 is 2.73 bits per heavy atom. The van der Waals surface area contributed by atoms with Crippen molar-refractivity contribution in [1.29, 1.82) is 0 Å². The highest BCUT2D eigenvalue weighted by Gasteiger charge is 2.23. The Bertz CT molecular complexity index is 915. The molecule has 0 bridgehead atoms. The first-order chi connectivity index (χ1) is 12.6. The number of aromatic nitrogens is 3. The maximum Gasteiger partial charge on any atom is 0.257 e. The molecule has 0 unspecified atom stereocenters. The second-order valence-electron chi connectivity index (χ2n) is 6.62. The number of aromatic hydroxyl groups is 1. The summed E-state index contributed by atoms with van der Waals surface area (Å²) in [5.41, 5.74) is 1.44. The summed E-state index contributed by atoms with van der Waals surface area (Å²) in [4.78, 5) is 26.5. The van der Waals surface area contributed by atoms with Crippen molar-refractivity contribution in [3.05, 3.63) is 41.5 Å². The number of hydrogen-bond donors (Lipinski definition) is 1. The van der Waals surface area contributed by atoms with Crippen LogP contribution in [0.15, 0.2) is 24.3 Å². The predicted octanol–water partition coefficient (Wildman–Crippen LogP) is 3.02. The Kier molecular flexibility index (Phi) is 4.55. The lowest BCUT2D eigenvalue weighted by Crippen LogP contribution is -2.34. The highest BCUT2D eigenvalue weighted by atomic mass is 32.1. The van der Waals surface area contributed by atoms with Crippen molar-refractivity contribution in [2.75, 3.05) is 18.0 Å². The first-order valence-corrected chi connectivity index (χ1v) is 9.51. The summed E-state index contributed by atoms with van der Waals surface area (Å²) in [6.45, 7) is 3.58. The number of hydrogen-bond acceptors (Lipinski definition) is 7. The summed E-state index contributed by atoms with van der Waals surface area (Å²) >= 11 is 1.74. The van der Waals surface area contributed by atoms with E-state index in [9.17, 15) is 9.90 Å². The SMILES string of the molecule is Cc1nc(CC2CCN(c3nc4ccccc4s3)CC2)nc([C]=O)c1O. The average Bonchev–Trinajstić information content (AvgIpc) is 3.09. The van der Waals surface area contributed by atoms with E-state index in [1.807, 2.05) is 18.2 Å². The lowest BCUT2D eigenvalue weighted by Gasteiger charge is -2.31. The van der Waals surface area contributed by atoms with Gasteiger partial charge in [0.05, 0.1) is 15.9 Å². The van der Waals surface area contributed by atoms with Crippen molar-refractivity contribution in [1.82, 2.24) is 15.0 Å². The summed E-state index contributed by atoms with van der Waals surface area (Å²) in [6.07, 6.45) is 4.45. The topological polar surface area (TPSA) is 79.2 Å². The first-order valence-electron chi connectivity index (χ1n) is 8.69. The van der Waals surface area contributed by atoms with E-state index < -0.39 is 0 Å². The van der Waals surface area contributed by atoms with Gasteiger partial charge < -0.3 is 10.0 Å². The van der Waals surface area contributed by atoms with E-state index in [1.54, 1.807) is 24.5 Å². The molecule has 4 rings (SSSR count). The van der Waals surface area contributed by atoms with E-state index in [0.717, 1.165) is 36.6 Å². The second kappa shape index (κ2) is 6.99. The first kappa shape index (κ1) is 16.9. The smallest absolute Gasteiger partial charge is 0.257 e. The van der Waals surface area contributed by atoms with Crippen LogP contribution in [0.5, 0.6) is 5.75 Å². The number of aryl methyl sites for hydroxylation is 1. The van der Waals surface area contributed by atoms with Crippen LogP contribution >= 0.6 is 11.3 Å². The minimum Gasteiger partial charge on any atom is -0.504 e. The summed E-state index contributed by atoms with van der Waals surface area (Å²) in [5, 5.41) is 10.8. The fourth-order valence-corrected chi connectivity index (χ4v) is 4.39. The molecule has 1 aliphatic heterocycles. The van der Waals surface area contributed by atoms with Crippen LogP contribution in [-0.4, -0.2) is 39.4 Å². The molecule has 3 heterocycles. The molecule has 7 heteroatoms. The zero-order valence-corrected chi connectivity index (χ0v) is 15.3. The summed E-state index contributed by atoms with van der Waals surface area (Å²) in [6, 6.07) is 8.22. The number of anilines is 1. The van der Waals surface area contributed by atoms with Gasteiger partial charge in [-0.05, 0) is 37.8 Å². The third-order valence-corrected chi connectivity index (χ3v) is 5.94. The van der Waals surface area contributed by atoms with Crippen LogP contribution in [0.3, 0.4) is 0 Å². The molecule has 3 aromatic rings. The van der Waals surface area contributed by atoms with Gasteiger partial charge in [0.1, 0.15) is 5.82 Å². The molecule has 6 nitrogen and oxygen atoms in total.